The van der Waals surface area contributed by atoms with Crippen molar-refractivity contribution in [1.82, 2.24) is 21.5 Å². The summed E-state index contributed by atoms with van der Waals surface area (Å²) in [5.41, 5.74) is 9.27. The third-order valence-corrected chi connectivity index (χ3v) is 4.74. The predicted octanol–water partition coefficient (Wildman–Crippen LogP) is 1.57. The number of ether oxygens (including phenoxy) is 1. The second-order valence-electron chi connectivity index (χ2n) is 6.66. The number of hydrogen-bond acceptors (Lipinski definition) is 5. The topological polar surface area (TPSA) is 91.5 Å². The van der Waals surface area contributed by atoms with Crippen molar-refractivity contribution in [3.63, 3.8) is 0 Å². The SMILES string of the molecule is CCNC(=O)c1cccc(CNC(=O)c2ccc(C3CNNC3)c(OC)c2)c1. The molecule has 1 fully saturated rings. The van der Waals surface area contributed by atoms with E-state index in [0.29, 0.717) is 35.9 Å². The molecule has 0 unspecified atom stereocenters. The summed E-state index contributed by atoms with van der Waals surface area (Å²) in [6.07, 6.45) is 0. The number of benzene rings is 2. The van der Waals surface area contributed by atoms with Crippen LogP contribution in [0.5, 0.6) is 5.75 Å². The summed E-state index contributed by atoms with van der Waals surface area (Å²) in [5, 5.41) is 5.67. The molecule has 1 aliphatic rings. The Hall–Kier alpha value is -2.90. The molecule has 0 saturated carbocycles. The Morgan fingerprint density at radius 1 is 1.04 bits per heavy atom. The molecule has 2 aromatic rings. The van der Waals surface area contributed by atoms with Gasteiger partial charge in [0.05, 0.1) is 7.11 Å². The second-order valence-corrected chi connectivity index (χ2v) is 6.66. The number of carbonyl (C=O) groups is 2. The number of hydrogen-bond donors (Lipinski definition) is 4. The standard InChI is InChI=1S/C21H26N4O3/c1-3-22-20(26)15-6-4-5-14(9-15)11-23-21(27)16-7-8-18(19(10-16)28-2)17-12-24-25-13-17/h4-10,17,24-25H,3,11-13H2,1-2H3,(H,22,26)(H,23,27). The van der Waals surface area contributed by atoms with E-state index in [4.69, 9.17) is 4.74 Å². The molecule has 3 rings (SSSR count). The summed E-state index contributed by atoms with van der Waals surface area (Å²) in [4.78, 5) is 24.5. The van der Waals surface area contributed by atoms with Crippen LogP contribution in [0.2, 0.25) is 0 Å². The molecule has 1 saturated heterocycles. The minimum Gasteiger partial charge on any atom is -0.496 e. The third-order valence-electron chi connectivity index (χ3n) is 4.74. The predicted molar refractivity (Wildman–Crippen MR) is 107 cm³/mol. The lowest BCUT2D eigenvalue weighted by Crippen LogP contribution is -2.24. The first-order chi connectivity index (χ1) is 13.6. The van der Waals surface area contributed by atoms with Gasteiger partial charge < -0.3 is 15.4 Å². The number of rotatable bonds is 7. The van der Waals surface area contributed by atoms with Crippen LogP contribution in [0.15, 0.2) is 42.5 Å². The van der Waals surface area contributed by atoms with Gasteiger partial charge in [-0.3, -0.25) is 20.4 Å². The van der Waals surface area contributed by atoms with Gasteiger partial charge in [0, 0.05) is 43.2 Å². The van der Waals surface area contributed by atoms with E-state index in [-0.39, 0.29) is 11.8 Å². The molecule has 0 radical (unpaired) electrons. The number of hydrazine groups is 1. The van der Waals surface area contributed by atoms with Crippen molar-refractivity contribution >= 4 is 11.8 Å². The Bertz CT molecular complexity index is 847. The van der Waals surface area contributed by atoms with Gasteiger partial charge in [-0.25, -0.2) is 0 Å². The molecule has 0 spiro atoms. The minimum absolute atomic E-state index is 0.119. The first-order valence-electron chi connectivity index (χ1n) is 9.41. The van der Waals surface area contributed by atoms with Gasteiger partial charge in [0.25, 0.3) is 11.8 Å². The summed E-state index contributed by atoms with van der Waals surface area (Å²) in [5.74, 6) is 0.716. The van der Waals surface area contributed by atoms with Crippen molar-refractivity contribution in [3.05, 3.63) is 64.7 Å². The molecular weight excluding hydrogens is 356 g/mol. The monoisotopic (exact) mass is 382 g/mol. The van der Waals surface area contributed by atoms with Gasteiger partial charge in [-0.15, -0.1) is 0 Å². The Morgan fingerprint density at radius 2 is 1.75 bits per heavy atom. The average Bonchev–Trinajstić information content (AvgIpc) is 3.26. The van der Waals surface area contributed by atoms with Gasteiger partial charge in [-0.1, -0.05) is 18.2 Å². The highest BCUT2D eigenvalue weighted by atomic mass is 16.5. The fourth-order valence-electron chi connectivity index (χ4n) is 3.24. The van der Waals surface area contributed by atoms with E-state index in [1.807, 2.05) is 31.2 Å². The van der Waals surface area contributed by atoms with E-state index in [1.165, 1.54) is 0 Å². The smallest absolute Gasteiger partial charge is 0.251 e. The lowest BCUT2D eigenvalue weighted by molar-refractivity contribution is 0.0946. The first-order valence-corrected chi connectivity index (χ1v) is 9.41. The zero-order valence-corrected chi connectivity index (χ0v) is 16.2. The van der Waals surface area contributed by atoms with Crippen LogP contribution in [-0.4, -0.2) is 38.6 Å². The van der Waals surface area contributed by atoms with Gasteiger partial charge >= 0.3 is 0 Å². The maximum Gasteiger partial charge on any atom is 0.251 e. The van der Waals surface area contributed by atoms with Gasteiger partial charge in [-0.05, 0) is 42.3 Å². The van der Waals surface area contributed by atoms with Crippen molar-refractivity contribution in [2.75, 3.05) is 26.7 Å². The van der Waals surface area contributed by atoms with Gasteiger partial charge in [0.2, 0.25) is 0 Å². The average molecular weight is 382 g/mol. The summed E-state index contributed by atoms with van der Waals surface area (Å²) >= 11 is 0. The Balaban J connectivity index is 1.66. The quantitative estimate of drug-likeness (QED) is 0.584. The van der Waals surface area contributed by atoms with E-state index in [2.05, 4.69) is 21.5 Å². The van der Waals surface area contributed by atoms with Gasteiger partial charge in [0.1, 0.15) is 5.75 Å². The molecule has 148 valence electrons. The molecule has 0 aromatic heterocycles. The molecule has 7 nitrogen and oxygen atoms in total. The maximum atomic E-state index is 12.6. The van der Waals surface area contributed by atoms with E-state index < -0.39 is 0 Å². The van der Waals surface area contributed by atoms with Crippen molar-refractivity contribution in [2.24, 2.45) is 0 Å². The molecule has 1 heterocycles. The van der Waals surface area contributed by atoms with E-state index in [9.17, 15) is 9.59 Å². The van der Waals surface area contributed by atoms with Crippen LogP contribution in [-0.2, 0) is 6.54 Å². The highest BCUT2D eigenvalue weighted by molar-refractivity contribution is 5.95. The first kappa shape index (κ1) is 19.9. The van der Waals surface area contributed by atoms with Crippen molar-refractivity contribution < 1.29 is 14.3 Å². The summed E-state index contributed by atoms with van der Waals surface area (Å²) < 4.78 is 5.50. The molecule has 2 amide bonds. The number of carbonyl (C=O) groups excluding carboxylic acids is 2. The van der Waals surface area contributed by atoms with Crippen LogP contribution in [0.25, 0.3) is 0 Å². The number of methoxy groups -OCH3 is 1. The fourth-order valence-corrected chi connectivity index (χ4v) is 3.24. The molecule has 1 aliphatic heterocycles. The van der Waals surface area contributed by atoms with E-state index in [1.54, 1.807) is 25.3 Å². The summed E-state index contributed by atoms with van der Waals surface area (Å²) in [6.45, 7) is 4.44. The molecule has 2 aromatic carbocycles. The largest absolute Gasteiger partial charge is 0.496 e. The highest BCUT2D eigenvalue weighted by Crippen LogP contribution is 2.28. The number of amides is 2. The van der Waals surface area contributed by atoms with Crippen molar-refractivity contribution in [2.45, 2.75) is 19.4 Å². The highest BCUT2D eigenvalue weighted by Gasteiger charge is 2.21. The molecule has 4 N–H and O–H groups in total. The van der Waals surface area contributed by atoms with Gasteiger partial charge in [-0.2, -0.15) is 0 Å². The lowest BCUT2D eigenvalue weighted by Gasteiger charge is -2.15. The zero-order valence-electron chi connectivity index (χ0n) is 16.2. The van der Waals surface area contributed by atoms with Crippen LogP contribution >= 0.6 is 0 Å². The fraction of sp³-hybridized carbons (Fsp3) is 0.333. The Morgan fingerprint density at radius 3 is 2.46 bits per heavy atom. The minimum atomic E-state index is -0.184. The molecular formula is C21H26N4O3. The summed E-state index contributed by atoms with van der Waals surface area (Å²) in [6, 6.07) is 12.8. The molecule has 7 heteroatoms. The molecule has 0 atom stereocenters. The summed E-state index contributed by atoms with van der Waals surface area (Å²) in [7, 11) is 1.61. The van der Waals surface area contributed by atoms with Crippen LogP contribution in [0.4, 0.5) is 0 Å². The molecule has 28 heavy (non-hydrogen) atoms. The Kier molecular flexibility index (Phi) is 6.62. The molecule has 0 aliphatic carbocycles. The van der Waals surface area contributed by atoms with Crippen LogP contribution < -0.4 is 26.2 Å². The lowest BCUT2D eigenvalue weighted by atomic mass is 9.97. The van der Waals surface area contributed by atoms with Crippen molar-refractivity contribution in [1.29, 1.82) is 0 Å². The van der Waals surface area contributed by atoms with Crippen molar-refractivity contribution in [3.8, 4) is 5.75 Å². The molecule has 0 bridgehead atoms. The third kappa shape index (κ3) is 4.68. The van der Waals surface area contributed by atoms with Crippen LogP contribution in [0.1, 0.15) is 44.7 Å². The second kappa shape index (κ2) is 9.34. The van der Waals surface area contributed by atoms with Crippen LogP contribution in [0.3, 0.4) is 0 Å². The van der Waals surface area contributed by atoms with Gasteiger partial charge in [0.15, 0.2) is 0 Å². The van der Waals surface area contributed by atoms with E-state index >= 15 is 0 Å². The van der Waals surface area contributed by atoms with Crippen LogP contribution in [0, 0.1) is 0 Å². The maximum absolute atomic E-state index is 12.6. The Labute approximate surface area is 164 Å². The number of nitrogens with one attached hydrogen (secondary N) is 4. The normalized spacial score (nSPS) is 13.9. The van der Waals surface area contributed by atoms with E-state index in [0.717, 1.165) is 24.2 Å². The zero-order chi connectivity index (χ0) is 19.9.